The number of thiophene rings is 1. The highest BCUT2D eigenvalue weighted by atomic mass is 32.1. The topological polar surface area (TPSA) is 0 Å². The molecule has 2 rings (SSSR count). The second-order valence-corrected chi connectivity index (χ2v) is 4.08. The molecule has 0 saturated heterocycles. The minimum atomic E-state index is -0.417. The Balaban J connectivity index is 2.14. The van der Waals surface area contributed by atoms with Gasteiger partial charge in [-0.15, -0.1) is 11.3 Å². The Morgan fingerprint density at radius 2 is 1.94 bits per heavy atom. The predicted molar refractivity (Wildman–Crippen MR) is 66.7 cm³/mol. The molecule has 0 radical (unpaired) electrons. The zero-order valence-corrected chi connectivity index (χ0v) is 9.30. The zero-order valence-electron chi connectivity index (χ0n) is 8.48. The molecule has 1 heterocycles. The lowest BCUT2D eigenvalue weighted by atomic mass is 10.2. The first kappa shape index (κ1) is 10.7. The van der Waals surface area contributed by atoms with Gasteiger partial charge in [-0.3, -0.25) is 0 Å². The highest BCUT2D eigenvalue weighted by Crippen LogP contribution is 2.09. The van der Waals surface area contributed by atoms with Gasteiger partial charge >= 0.3 is 0 Å². The number of hydrogen-bond donors (Lipinski definition) is 0. The molecule has 0 aliphatic rings. The highest BCUT2D eigenvalue weighted by Gasteiger charge is 1.90. The molecule has 2 aromatic rings. The second kappa shape index (κ2) is 5.29. The maximum absolute atomic E-state index is 13.4. The van der Waals surface area contributed by atoms with Gasteiger partial charge in [0, 0.05) is 0 Å². The largest absolute Gasteiger partial charge is 0.197 e. The summed E-state index contributed by atoms with van der Waals surface area (Å²) in [5.74, 6) is 4.84. The molecule has 0 nitrogen and oxygen atoms in total. The van der Waals surface area contributed by atoms with E-state index < -0.39 is 5.83 Å². The van der Waals surface area contributed by atoms with Crippen molar-refractivity contribution in [2.75, 3.05) is 0 Å². The Labute approximate surface area is 98.1 Å². The van der Waals surface area contributed by atoms with Gasteiger partial charge in [-0.05, 0) is 34.9 Å². The van der Waals surface area contributed by atoms with Crippen LogP contribution in [-0.2, 0) is 0 Å². The fourth-order valence-electron chi connectivity index (χ4n) is 1.20. The van der Waals surface area contributed by atoms with Crippen molar-refractivity contribution in [2.45, 2.75) is 0 Å². The Morgan fingerprint density at radius 3 is 2.62 bits per heavy atom. The molecule has 0 N–H and O–H groups in total. The van der Waals surface area contributed by atoms with E-state index >= 15 is 0 Å². The molecule has 0 atom stereocenters. The summed E-state index contributed by atoms with van der Waals surface area (Å²) in [6, 6.07) is 13.1. The van der Waals surface area contributed by atoms with Crippen molar-refractivity contribution in [1.29, 1.82) is 0 Å². The second-order valence-electron chi connectivity index (χ2n) is 3.13. The van der Waals surface area contributed by atoms with Gasteiger partial charge < -0.3 is 0 Å². The van der Waals surface area contributed by atoms with E-state index in [0.717, 1.165) is 10.4 Å². The van der Waals surface area contributed by atoms with Gasteiger partial charge in [-0.25, -0.2) is 0 Å². The van der Waals surface area contributed by atoms with E-state index in [1.807, 2.05) is 47.8 Å². The molecular formula is C14H9FS. The molecular weight excluding hydrogens is 219 g/mol. The van der Waals surface area contributed by atoms with Crippen molar-refractivity contribution in [1.82, 2.24) is 0 Å². The third kappa shape index (κ3) is 3.08. The van der Waals surface area contributed by atoms with Crippen molar-refractivity contribution in [3.63, 3.8) is 0 Å². The number of rotatable bonds is 1. The van der Waals surface area contributed by atoms with E-state index in [9.17, 15) is 4.39 Å². The Kier molecular flexibility index (Phi) is 3.53. The molecule has 2 heteroatoms. The standard InChI is InChI=1S/C14H9FS/c15-13(8-9-14-7-4-10-16-14)11-12-5-2-1-3-6-12/h1-7,10-11H. The molecule has 0 amide bonds. The van der Waals surface area contributed by atoms with Crippen LogP contribution >= 0.6 is 11.3 Å². The van der Waals surface area contributed by atoms with Gasteiger partial charge in [0.05, 0.1) is 4.88 Å². The quantitative estimate of drug-likeness (QED) is 0.644. The molecule has 16 heavy (non-hydrogen) atoms. The molecule has 0 bridgehead atoms. The van der Waals surface area contributed by atoms with E-state index in [0.29, 0.717) is 0 Å². The SMILES string of the molecule is FC(C#Cc1cccs1)=Cc1ccccc1. The van der Waals surface area contributed by atoms with Crippen LogP contribution in [-0.4, -0.2) is 0 Å². The maximum Gasteiger partial charge on any atom is 0.174 e. The summed E-state index contributed by atoms with van der Waals surface area (Å²) in [7, 11) is 0. The van der Waals surface area contributed by atoms with Crippen molar-refractivity contribution in [3.05, 3.63) is 64.1 Å². The van der Waals surface area contributed by atoms with E-state index in [-0.39, 0.29) is 0 Å². The minimum Gasteiger partial charge on any atom is -0.197 e. The summed E-state index contributed by atoms with van der Waals surface area (Å²) in [5, 5.41) is 1.92. The number of allylic oxidation sites excluding steroid dienone is 1. The van der Waals surface area contributed by atoms with Crippen molar-refractivity contribution in [2.24, 2.45) is 0 Å². The van der Waals surface area contributed by atoms with Crippen LogP contribution < -0.4 is 0 Å². The molecule has 0 spiro atoms. The van der Waals surface area contributed by atoms with E-state index in [1.165, 1.54) is 17.4 Å². The molecule has 0 fully saturated rings. The first-order chi connectivity index (χ1) is 7.84. The third-order valence-electron chi connectivity index (χ3n) is 1.92. The Bertz CT molecular complexity index is 527. The maximum atomic E-state index is 13.4. The van der Waals surface area contributed by atoms with Gasteiger partial charge in [-0.1, -0.05) is 36.4 Å². The summed E-state index contributed by atoms with van der Waals surface area (Å²) in [4.78, 5) is 0.872. The van der Waals surface area contributed by atoms with Crippen molar-refractivity contribution >= 4 is 17.4 Å². The summed E-state index contributed by atoms with van der Waals surface area (Å²) >= 11 is 1.50. The fourth-order valence-corrected chi connectivity index (χ4v) is 1.77. The summed E-state index contributed by atoms with van der Waals surface area (Å²) < 4.78 is 13.4. The van der Waals surface area contributed by atoms with Gasteiger partial charge in [0.1, 0.15) is 0 Å². The molecule has 78 valence electrons. The van der Waals surface area contributed by atoms with E-state index in [2.05, 4.69) is 11.8 Å². The Hall–Kier alpha value is -1.85. The van der Waals surface area contributed by atoms with Crippen LogP contribution in [0.25, 0.3) is 6.08 Å². The predicted octanol–water partition coefficient (Wildman–Crippen LogP) is 4.11. The van der Waals surface area contributed by atoms with Crippen LogP contribution in [0.2, 0.25) is 0 Å². The van der Waals surface area contributed by atoms with Crippen LogP contribution in [0.1, 0.15) is 10.4 Å². The van der Waals surface area contributed by atoms with Gasteiger partial charge in [0.15, 0.2) is 5.83 Å². The van der Waals surface area contributed by atoms with Crippen LogP contribution in [0.5, 0.6) is 0 Å². The lowest BCUT2D eigenvalue weighted by Crippen LogP contribution is -1.72. The van der Waals surface area contributed by atoms with Crippen LogP contribution in [0.15, 0.2) is 53.7 Å². The van der Waals surface area contributed by atoms with Crippen molar-refractivity contribution in [3.8, 4) is 11.8 Å². The Morgan fingerprint density at radius 1 is 1.12 bits per heavy atom. The van der Waals surface area contributed by atoms with Crippen LogP contribution in [0, 0.1) is 11.8 Å². The average Bonchev–Trinajstić information content (AvgIpc) is 2.81. The molecule has 1 aromatic heterocycles. The molecule has 0 unspecified atom stereocenters. The van der Waals surface area contributed by atoms with Crippen LogP contribution in [0.3, 0.4) is 0 Å². The summed E-state index contributed by atoms with van der Waals surface area (Å²) in [6.45, 7) is 0. The first-order valence-electron chi connectivity index (χ1n) is 4.82. The van der Waals surface area contributed by atoms with Crippen LogP contribution in [0.4, 0.5) is 4.39 Å². The lowest BCUT2D eigenvalue weighted by molar-refractivity contribution is 0.683. The highest BCUT2D eigenvalue weighted by molar-refractivity contribution is 7.10. The molecule has 0 aliphatic heterocycles. The first-order valence-corrected chi connectivity index (χ1v) is 5.70. The minimum absolute atomic E-state index is 0.417. The van der Waals surface area contributed by atoms with Gasteiger partial charge in [-0.2, -0.15) is 4.39 Å². The van der Waals surface area contributed by atoms with E-state index in [4.69, 9.17) is 0 Å². The summed E-state index contributed by atoms with van der Waals surface area (Å²) in [5.41, 5.74) is 0.820. The smallest absolute Gasteiger partial charge is 0.174 e. The number of hydrogen-bond acceptors (Lipinski definition) is 1. The van der Waals surface area contributed by atoms with Crippen molar-refractivity contribution < 1.29 is 4.39 Å². The third-order valence-corrected chi connectivity index (χ3v) is 2.70. The lowest BCUT2D eigenvalue weighted by Gasteiger charge is -1.89. The van der Waals surface area contributed by atoms with Gasteiger partial charge in [0.25, 0.3) is 0 Å². The molecule has 0 aliphatic carbocycles. The number of benzene rings is 1. The van der Waals surface area contributed by atoms with Gasteiger partial charge in [0.2, 0.25) is 0 Å². The normalized spacial score (nSPS) is 10.7. The van der Waals surface area contributed by atoms with E-state index in [1.54, 1.807) is 0 Å². The zero-order chi connectivity index (χ0) is 11.2. The fraction of sp³-hybridized carbons (Fsp3) is 0. The number of halogens is 1. The molecule has 0 saturated carbocycles. The monoisotopic (exact) mass is 228 g/mol. The molecule has 1 aromatic carbocycles. The summed E-state index contributed by atoms with van der Waals surface area (Å²) in [6.07, 6.45) is 1.43. The average molecular weight is 228 g/mol.